The van der Waals surface area contributed by atoms with Crippen LogP contribution in [0.1, 0.15) is 27.0 Å². The third-order valence-corrected chi connectivity index (χ3v) is 4.35. The van der Waals surface area contributed by atoms with Crippen molar-refractivity contribution in [2.75, 3.05) is 18.6 Å². The van der Waals surface area contributed by atoms with Gasteiger partial charge < -0.3 is 4.90 Å². The summed E-state index contributed by atoms with van der Waals surface area (Å²) in [6, 6.07) is 10.2. The largest absolute Gasteiger partial charge is 0.316 e. The maximum Gasteiger partial charge on any atom is 0.303 e. The van der Waals surface area contributed by atoms with E-state index in [-0.39, 0.29) is 5.56 Å². The molecule has 0 aromatic heterocycles. The average Bonchev–Trinajstić information content (AvgIpc) is 2.75. The van der Waals surface area contributed by atoms with E-state index in [0.29, 0.717) is 12.4 Å². The summed E-state index contributed by atoms with van der Waals surface area (Å²) >= 11 is 0. The summed E-state index contributed by atoms with van der Waals surface area (Å²) < 4.78 is 13.3. The zero-order chi connectivity index (χ0) is 17.4. The van der Waals surface area contributed by atoms with Gasteiger partial charge in [-0.25, -0.2) is 4.39 Å². The van der Waals surface area contributed by atoms with Crippen LogP contribution in [0.25, 0.3) is 0 Å². The molecule has 1 amide bonds. The molecule has 1 aliphatic rings. The monoisotopic (exact) mass is 327 g/mol. The van der Waals surface area contributed by atoms with Gasteiger partial charge in [-0.1, -0.05) is 23.8 Å². The van der Waals surface area contributed by atoms with Crippen molar-refractivity contribution in [3.63, 3.8) is 0 Å². The van der Waals surface area contributed by atoms with Crippen molar-refractivity contribution in [1.29, 1.82) is 0 Å². The third-order valence-electron chi connectivity index (χ3n) is 4.35. The molecule has 24 heavy (non-hydrogen) atoms. The van der Waals surface area contributed by atoms with Gasteiger partial charge in [-0.15, -0.1) is 0 Å². The second-order valence-electron chi connectivity index (χ2n) is 6.45. The van der Waals surface area contributed by atoms with E-state index in [4.69, 9.17) is 0 Å². The summed E-state index contributed by atoms with van der Waals surface area (Å²) in [5, 5.41) is 0. The molecule has 0 spiro atoms. The number of benzene rings is 2. The number of fused-ring (bicyclic) bond motifs is 1. The van der Waals surface area contributed by atoms with Crippen LogP contribution in [-0.4, -0.2) is 25.4 Å². The number of hydrogen-bond donors (Lipinski definition) is 1. The minimum absolute atomic E-state index is 0.152. The zero-order valence-electron chi connectivity index (χ0n) is 14.0. The van der Waals surface area contributed by atoms with Crippen molar-refractivity contribution in [2.45, 2.75) is 20.4 Å². The molecule has 0 aliphatic carbocycles. The SMILES string of the molecule is Cc1ccc(C[NH+](C)CN2C(=O)C(=O)c3cc(F)ccc32)c(C)c1. The molecule has 2 aromatic rings. The van der Waals surface area contributed by atoms with Crippen molar-refractivity contribution in [3.8, 4) is 0 Å². The first kappa shape index (κ1) is 16.3. The molecule has 1 aliphatic heterocycles. The molecule has 0 bridgehead atoms. The zero-order valence-corrected chi connectivity index (χ0v) is 14.0. The number of aryl methyl sites for hydroxylation is 2. The highest BCUT2D eigenvalue weighted by molar-refractivity contribution is 6.52. The highest BCUT2D eigenvalue weighted by Gasteiger charge is 2.37. The Morgan fingerprint density at radius 3 is 2.54 bits per heavy atom. The molecular weight excluding hydrogens is 307 g/mol. The molecule has 5 heteroatoms. The van der Waals surface area contributed by atoms with E-state index >= 15 is 0 Å². The van der Waals surface area contributed by atoms with Crippen LogP contribution < -0.4 is 9.80 Å². The highest BCUT2D eigenvalue weighted by atomic mass is 19.1. The minimum Gasteiger partial charge on any atom is -0.316 e. The van der Waals surface area contributed by atoms with Gasteiger partial charge in [0.1, 0.15) is 12.4 Å². The molecule has 1 atom stereocenters. The van der Waals surface area contributed by atoms with Crippen molar-refractivity contribution >= 4 is 17.4 Å². The van der Waals surface area contributed by atoms with E-state index < -0.39 is 17.5 Å². The van der Waals surface area contributed by atoms with E-state index in [9.17, 15) is 14.0 Å². The third kappa shape index (κ3) is 2.95. The van der Waals surface area contributed by atoms with Crippen LogP contribution >= 0.6 is 0 Å². The van der Waals surface area contributed by atoms with Gasteiger partial charge in [0.05, 0.1) is 18.3 Å². The van der Waals surface area contributed by atoms with Gasteiger partial charge in [-0.2, -0.15) is 0 Å². The number of halogens is 1. The molecule has 0 radical (unpaired) electrons. The molecule has 3 rings (SSSR count). The number of nitrogens with one attached hydrogen (secondary N) is 1. The van der Waals surface area contributed by atoms with Gasteiger partial charge in [-0.3, -0.25) is 14.5 Å². The summed E-state index contributed by atoms with van der Waals surface area (Å²) in [4.78, 5) is 26.7. The number of quaternary nitrogens is 1. The summed E-state index contributed by atoms with van der Waals surface area (Å²) in [6.07, 6.45) is 0. The Labute approximate surface area is 140 Å². The van der Waals surface area contributed by atoms with Crippen LogP contribution in [0.5, 0.6) is 0 Å². The molecule has 0 saturated heterocycles. The Morgan fingerprint density at radius 2 is 1.83 bits per heavy atom. The number of carbonyl (C=O) groups is 2. The predicted octanol–water partition coefficient (Wildman–Crippen LogP) is 1.64. The van der Waals surface area contributed by atoms with Gasteiger partial charge in [0, 0.05) is 5.56 Å². The first-order valence-electron chi connectivity index (χ1n) is 7.90. The number of Topliss-reactive ketones (excluding diaryl/α,β-unsaturated/α-hetero) is 1. The lowest BCUT2D eigenvalue weighted by Crippen LogP contribution is -3.09. The lowest BCUT2D eigenvalue weighted by molar-refractivity contribution is -0.892. The van der Waals surface area contributed by atoms with Crippen molar-refractivity contribution in [1.82, 2.24) is 0 Å². The molecule has 1 heterocycles. The Morgan fingerprint density at radius 1 is 1.08 bits per heavy atom. The fraction of sp³-hybridized carbons (Fsp3) is 0.263. The number of amides is 1. The molecule has 4 nitrogen and oxygen atoms in total. The Hall–Kier alpha value is -2.53. The lowest BCUT2D eigenvalue weighted by atomic mass is 10.1. The molecule has 124 valence electrons. The smallest absolute Gasteiger partial charge is 0.303 e. The van der Waals surface area contributed by atoms with Gasteiger partial charge in [0.25, 0.3) is 5.78 Å². The predicted molar refractivity (Wildman–Crippen MR) is 89.6 cm³/mol. The van der Waals surface area contributed by atoms with Gasteiger partial charge in [-0.05, 0) is 37.6 Å². The second-order valence-corrected chi connectivity index (χ2v) is 6.45. The van der Waals surface area contributed by atoms with Crippen LogP contribution in [0.3, 0.4) is 0 Å². The first-order chi connectivity index (χ1) is 11.4. The Bertz CT molecular complexity index is 832. The van der Waals surface area contributed by atoms with E-state index in [1.54, 1.807) is 0 Å². The lowest BCUT2D eigenvalue weighted by Gasteiger charge is -2.22. The number of nitrogens with zero attached hydrogens (tertiary/aromatic N) is 1. The number of ketones is 1. The number of hydrogen-bond acceptors (Lipinski definition) is 2. The number of rotatable bonds is 4. The minimum atomic E-state index is -0.635. The van der Waals surface area contributed by atoms with Crippen LogP contribution in [0.15, 0.2) is 36.4 Å². The topological polar surface area (TPSA) is 41.8 Å². The highest BCUT2D eigenvalue weighted by Crippen LogP contribution is 2.28. The first-order valence-corrected chi connectivity index (χ1v) is 7.90. The van der Waals surface area contributed by atoms with E-state index in [1.165, 1.54) is 33.7 Å². The fourth-order valence-electron chi connectivity index (χ4n) is 3.12. The van der Waals surface area contributed by atoms with Gasteiger partial charge in [0.15, 0.2) is 6.67 Å². The molecule has 0 fully saturated rings. The molecule has 1 unspecified atom stereocenters. The van der Waals surface area contributed by atoms with Crippen molar-refractivity contribution in [2.24, 2.45) is 0 Å². The van der Waals surface area contributed by atoms with Crippen molar-refractivity contribution in [3.05, 3.63) is 64.5 Å². The summed E-state index contributed by atoms with van der Waals surface area (Å²) in [5.41, 5.74) is 4.27. The summed E-state index contributed by atoms with van der Waals surface area (Å²) in [6.45, 7) is 5.22. The summed E-state index contributed by atoms with van der Waals surface area (Å²) in [5.74, 6) is -1.73. The van der Waals surface area contributed by atoms with Crippen LogP contribution in [0, 0.1) is 19.7 Å². The van der Waals surface area contributed by atoms with E-state index in [1.807, 2.05) is 7.05 Å². The number of carbonyl (C=O) groups excluding carboxylic acids is 2. The normalized spacial score (nSPS) is 14.9. The second kappa shape index (κ2) is 6.17. The van der Waals surface area contributed by atoms with Crippen LogP contribution in [0.4, 0.5) is 10.1 Å². The van der Waals surface area contributed by atoms with Crippen LogP contribution in [-0.2, 0) is 11.3 Å². The molecule has 2 aromatic carbocycles. The maximum atomic E-state index is 13.3. The average molecular weight is 327 g/mol. The maximum absolute atomic E-state index is 13.3. The Balaban J connectivity index is 1.79. The van der Waals surface area contributed by atoms with Gasteiger partial charge in [0.2, 0.25) is 0 Å². The Kier molecular flexibility index (Phi) is 4.20. The van der Waals surface area contributed by atoms with E-state index in [2.05, 4.69) is 32.0 Å². The number of anilines is 1. The fourth-order valence-corrected chi connectivity index (χ4v) is 3.12. The summed E-state index contributed by atoms with van der Waals surface area (Å²) in [7, 11) is 1.97. The quantitative estimate of drug-likeness (QED) is 0.868. The van der Waals surface area contributed by atoms with Gasteiger partial charge >= 0.3 is 5.91 Å². The molecular formula is C19H20FN2O2+. The molecule has 0 saturated carbocycles. The van der Waals surface area contributed by atoms with Crippen LogP contribution in [0.2, 0.25) is 0 Å². The molecule has 1 N–H and O–H groups in total. The van der Waals surface area contributed by atoms with E-state index in [0.717, 1.165) is 17.5 Å². The van der Waals surface area contributed by atoms with Crippen molar-refractivity contribution < 1.29 is 18.9 Å². The standard InChI is InChI=1S/C19H19FN2O2/c1-12-4-5-14(13(2)8-12)10-21(3)11-22-17-7-6-15(20)9-16(17)18(23)19(22)24/h4-9H,10-11H2,1-3H3/p+1.